The summed E-state index contributed by atoms with van der Waals surface area (Å²) >= 11 is 0. The molecule has 1 spiro atoms. The van der Waals surface area contributed by atoms with Crippen LogP contribution in [0.4, 0.5) is 51.2 Å². The third-order valence-corrected chi connectivity index (χ3v) is 15.0. The minimum Gasteiger partial charge on any atom is -0.454 e. The second kappa shape index (κ2) is 15.7. The quantitative estimate of drug-likeness (QED) is 0.159. The van der Waals surface area contributed by atoms with Gasteiger partial charge in [-0.05, 0) is 136 Å². The highest BCUT2D eigenvalue weighted by molar-refractivity contribution is 6.11. The molecule has 0 bridgehead atoms. The molecule has 12 aromatic rings. The van der Waals surface area contributed by atoms with E-state index >= 15 is 0 Å². The van der Waals surface area contributed by atoms with Gasteiger partial charge in [-0.25, -0.2) is 0 Å². The van der Waals surface area contributed by atoms with Crippen molar-refractivity contribution in [3.8, 4) is 33.8 Å². The average molecular weight is 922 g/mol. The van der Waals surface area contributed by atoms with Crippen molar-refractivity contribution in [2.24, 2.45) is 0 Å². The van der Waals surface area contributed by atoms with Gasteiger partial charge in [0.1, 0.15) is 5.58 Å². The lowest BCUT2D eigenvalue weighted by Gasteiger charge is -2.47. The lowest BCUT2D eigenvalue weighted by atomic mass is 9.64. The van der Waals surface area contributed by atoms with Gasteiger partial charge in [-0.2, -0.15) is 0 Å². The van der Waals surface area contributed by atoms with Crippen molar-refractivity contribution >= 4 is 73.1 Å². The van der Waals surface area contributed by atoms with E-state index in [0.717, 1.165) is 84.6 Å². The largest absolute Gasteiger partial charge is 0.454 e. The molecule has 0 atom stereocenters. The number of hydrogen-bond donors (Lipinski definition) is 0. The molecule has 0 fully saturated rings. The lowest BCUT2D eigenvalue weighted by molar-refractivity contribution is 0.473. The van der Waals surface area contributed by atoms with Gasteiger partial charge in [0.05, 0.1) is 28.2 Å². The molecule has 5 nitrogen and oxygen atoms in total. The van der Waals surface area contributed by atoms with E-state index in [1.54, 1.807) is 0 Å². The molecule has 1 aliphatic carbocycles. The fourth-order valence-corrected chi connectivity index (χ4v) is 12.0. The summed E-state index contributed by atoms with van der Waals surface area (Å²) in [5, 5.41) is 2.15. The zero-order valence-corrected chi connectivity index (χ0v) is 39.0. The minimum atomic E-state index is -0.690. The normalized spacial score (nSPS) is 13.2. The smallest absolute Gasteiger partial charge is 0.159 e. The van der Waals surface area contributed by atoms with Gasteiger partial charge in [-0.1, -0.05) is 170 Å². The molecule has 0 saturated heterocycles. The number of furan rings is 1. The Hall–Kier alpha value is -9.58. The van der Waals surface area contributed by atoms with E-state index in [4.69, 9.17) is 9.15 Å². The van der Waals surface area contributed by atoms with E-state index in [9.17, 15) is 0 Å². The van der Waals surface area contributed by atoms with Crippen molar-refractivity contribution < 1.29 is 9.15 Å². The number of ether oxygens (including phenoxy) is 1. The van der Waals surface area contributed by atoms with Crippen LogP contribution in [-0.2, 0) is 5.41 Å². The van der Waals surface area contributed by atoms with Gasteiger partial charge in [-0.3, -0.25) is 0 Å². The number of anilines is 9. The van der Waals surface area contributed by atoms with Crippen LogP contribution in [-0.4, -0.2) is 0 Å². The van der Waals surface area contributed by atoms with Crippen LogP contribution in [0.3, 0.4) is 0 Å². The molecule has 3 aliphatic rings. The van der Waals surface area contributed by atoms with E-state index in [2.05, 4.69) is 269 Å². The Balaban J connectivity index is 0.995. The fourth-order valence-electron chi connectivity index (χ4n) is 12.0. The number of hydrogen-bond acceptors (Lipinski definition) is 5. The maximum Gasteiger partial charge on any atom is 0.159 e. The summed E-state index contributed by atoms with van der Waals surface area (Å²) in [7, 11) is 0. The average Bonchev–Trinajstić information content (AvgIpc) is 3.98. The van der Waals surface area contributed by atoms with Crippen molar-refractivity contribution in [1.29, 1.82) is 0 Å². The predicted octanol–water partition coefficient (Wildman–Crippen LogP) is 18.4. The maximum atomic E-state index is 6.94. The van der Waals surface area contributed by atoms with Gasteiger partial charge in [0.15, 0.2) is 17.1 Å². The number of nitrogens with zero attached hydrogens (tertiary/aromatic N) is 3. The highest BCUT2D eigenvalue weighted by Crippen LogP contribution is 2.67. The molecule has 72 heavy (non-hydrogen) atoms. The van der Waals surface area contributed by atoms with Gasteiger partial charge in [0, 0.05) is 39.2 Å². The van der Waals surface area contributed by atoms with E-state index in [0.29, 0.717) is 0 Å². The first-order valence-corrected chi connectivity index (χ1v) is 24.6. The second-order valence-corrected chi connectivity index (χ2v) is 18.8. The van der Waals surface area contributed by atoms with Gasteiger partial charge in [-0.15, -0.1) is 0 Å². The molecule has 3 heterocycles. The molecule has 0 N–H and O–H groups in total. The minimum absolute atomic E-state index is 0.690. The second-order valence-electron chi connectivity index (χ2n) is 18.8. The third kappa shape index (κ3) is 5.82. The standard InChI is InChI=1S/C67H43N3O2/c1-3-18-44(19-4-1)45-36-38-47(39-37-45)68(46-20-5-2-6-21-46)48-22-15-23-49(42-48)69(61-32-16-27-54-53-26-9-13-33-62(53)72-66(54)61)50-40-41-59-58(43-50)67(55-28-10-7-24-51(55)52-25-8-11-29-56(52)67)57-30-17-35-64-65(57)70(59)60-31-12-14-34-63(60)71-64/h1-43H. The first-order chi connectivity index (χ1) is 35.7. The monoisotopic (exact) mass is 921 g/mol. The third-order valence-electron chi connectivity index (χ3n) is 15.0. The fraction of sp³-hybridized carbons (Fsp3) is 0.0149. The molecule has 1 aromatic heterocycles. The van der Waals surface area contributed by atoms with Crippen molar-refractivity contribution in [2.45, 2.75) is 5.41 Å². The van der Waals surface area contributed by atoms with Crippen LogP contribution in [0.2, 0.25) is 0 Å². The Morgan fingerprint density at radius 3 is 1.71 bits per heavy atom. The van der Waals surface area contributed by atoms with Gasteiger partial charge >= 0.3 is 0 Å². The molecule has 0 saturated carbocycles. The van der Waals surface area contributed by atoms with Crippen molar-refractivity contribution in [3.05, 3.63) is 283 Å². The Labute approximate surface area is 417 Å². The summed E-state index contributed by atoms with van der Waals surface area (Å²) in [4.78, 5) is 7.18. The van der Waals surface area contributed by atoms with E-state index < -0.39 is 5.41 Å². The van der Waals surface area contributed by atoms with Crippen LogP contribution in [0.15, 0.2) is 265 Å². The van der Waals surface area contributed by atoms with Crippen molar-refractivity contribution in [3.63, 3.8) is 0 Å². The Morgan fingerprint density at radius 1 is 0.347 bits per heavy atom. The molecule has 0 radical (unpaired) electrons. The molecule has 11 aromatic carbocycles. The summed E-state index contributed by atoms with van der Waals surface area (Å²) in [6.45, 7) is 0. The number of benzene rings is 11. The van der Waals surface area contributed by atoms with Gasteiger partial charge in [0.2, 0.25) is 0 Å². The summed E-state index contributed by atoms with van der Waals surface area (Å²) < 4.78 is 13.8. The van der Waals surface area contributed by atoms with Gasteiger partial charge in [0.25, 0.3) is 0 Å². The molecule has 5 heteroatoms. The Bertz CT molecular complexity index is 4060. The van der Waals surface area contributed by atoms with Crippen LogP contribution < -0.4 is 19.4 Å². The first kappa shape index (κ1) is 40.3. The molecule has 0 amide bonds. The van der Waals surface area contributed by atoms with Crippen LogP contribution in [0.25, 0.3) is 44.2 Å². The van der Waals surface area contributed by atoms with E-state index in [1.165, 1.54) is 44.5 Å². The zero-order valence-electron chi connectivity index (χ0n) is 39.0. The predicted molar refractivity (Wildman–Crippen MR) is 294 cm³/mol. The van der Waals surface area contributed by atoms with E-state index in [-0.39, 0.29) is 0 Å². The molecule has 0 unspecified atom stereocenters. The SMILES string of the molecule is c1ccc(-c2ccc(N(c3ccccc3)c3cccc(N(c4ccc5c(c4)C4(c6ccccc6-c6ccccc64)c4cccc6c4N5c4ccccc4O6)c4cccc5c4oc4ccccc45)c3)cc2)cc1. The van der Waals surface area contributed by atoms with Crippen molar-refractivity contribution in [2.75, 3.05) is 14.7 Å². The number of rotatable bonds is 7. The zero-order chi connectivity index (χ0) is 47.3. The molecule has 2 aliphatic heterocycles. The van der Waals surface area contributed by atoms with Crippen LogP contribution >= 0.6 is 0 Å². The Kier molecular flexibility index (Phi) is 8.80. The molecule has 15 rings (SSSR count). The topological polar surface area (TPSA) is 32.1 Å². The molecule has 338 valence electrons. The Morgan fingerprint density at radius 2 is 0.903 bits per heavy atom. The van der Waals surface area contributed by atoms with Crippen LogP contribution in [0.5, 0.6) is 11.5 Å². The highest BCUT2D eigenvalue weighted by Gasteiger charge is 2.53. The van der Waals surface area contributed by atoms with Crippen LogP contribution in [0, 0.1) is 0 Å². The summed E-state index contributed by atoms with van der Waals surface area (Å²) in [5.41, 5.74) is 19.9. The lowest BCUT2D eigenvalue weighted by Crippen LogP contribution is -2.37. The molecular weight excluding hydrogens is 879 g/mol. The van der Waals surface area contributed by atoms with Crippen molar-refractivity contribution in [1.82, 2.24) is 0 Å². The summed E-state index contributed by atoms with van der Waals surface area (Å²) in [6, 6.07) is 93.9. The number of fused-ring (bicyclic) bond motifs is 14. The summed E-state index contributed by atoms with van der Waals surface area (Å²) in [6.07, 6.45) is 0. The van der Waals surface area contributed by atoms with E-state index in [1.807, 2.05) is 6.07 Å². The maximum absolute atomic E-state index is 6.94. The van der Waals surface area contributed by atoms with Crippen LogP contribution in [0.1, 0.15) is 22.3 Å². The molecular formula is C67H43N3O2. The first-order valence-electron chi connectivity index (χ1n) is 24.6. The number of para-hydroxylation sites is 6. The van der Waals surface area contributed by atoms with Gasteiger partial charge < -0.3 is 23.9 Å². The summed E-state index contributed by atoms with van der Waals surface area (Å²) in [5.74, 6) is 1.67. The highest BCUT2D eigenvalue weighted by atomic mass is 16.5.